The maximum Gasteiger partial charge on any atom is 0.310 e. The van der Waals surface area contributed by atoms with Crippen molar-refractivity contribution in [1.82, 2.24) is 15.1 Å². The van der Waals surface area contributed by atoms with Crippen molar-refractivity contribution in [2.75, 3.05) is 51.3 Å². The van der Waals surface area contributed by atoms with Gasteiger partial charge in [-0.3, -0.25) is 19.4 Å². The summed E-state index contributed by atoms with van der Waals surface area (Å²) in [6, 6.07) is 7.09. The zero-order valence-corrected chi connectivity index (χ0v) is 21.1. The highest BCUT2D eigenvalue weighted by atomic mass is 32.1. The zero-order chi connectivity index (χ0) is 23.8. The Morgan fingerprint density at radius 1 is 1.18 bits per heavy atom. The summed E-state index contributed by atoms with van der Waals surface area (Å²) in [5, 5.41) is 2.87. The van der Waals surface area contributed by atoms with E-state index in [0.717, 1.165) is 50.9 Å². The van der Waals surface area contributed by atoms with Gasteiger partial charge in [0.05, 0.1) is 19.6 Å². The number of methoxy groups -OCH3 is 1. The van der Waals surface area contributed by atoms with Crippen LogP contribution in [-0.2, 0) is 14.3 Å². The van der Waals surface area contributed by atoms with Gasteiger partial charge in [0.25, 0.3) is 0 Å². The number of fused-ring (bicyclic) bond motifs is 2. The maximum absolute atomic E-state index is 13.5. The Hall–Kier alpha value is -1.29. The molecular formula is C24H36FN3O3S2. The van der Waals surface area contributed by atoms with E-state index in [1.54, 1.807) is 12.1 Å². The lowest BCUT2D eigenvalue weighted by molar-refractivity contribution is -0.150. The molecule has 6 nitrogen and oxygen atoms in total. The number of esters is 1. The molecule has 1 aromatic rings. The molecule has 9 heteroatoms. The highest BCUT2D eigenvalue weighted by Gasteiger charge is 2.50. The van der Waals surface area contributed by atoms with E-state index < -0.39 is 0 Å². The van der Waals surface area contributed by atoms with Gasteiger partial charge in [0.2, 0.25) is 5.91 Å². The first-order chi connectivity index (χ1) is 16.0. The van der Waals surface area contributed by atoms with E-state index in [-0.39, 0.29) is 35.6 Å². The third-order valence-corrected chi connectivity index (χ3v) is 7.37. The Morgan fingerprint density at radius 2 is 1.94 bits per heavy atom. The molecule has 1 amide bonds. The summed E-state index contributed by atoms with van der Waals surface area (Å²) in [4.78, 5) is 29.6. The van der Waals surface area contributed by atoms with Gasteiger partial charge in [-0.2, -0.15) is 25.3 Å². The second-order valence-electron chi connectivity index (χ2n) is 8.91. The molecule has 3 rings (SSSR count). The van der Waals surface area contributed by atoms with Gasteiger partial charge < -0.3 is 10.1 Å². The normalized spacial score (nSPS) is 24.8. The van der Waals surface area contributed by atoms with Crippen molar-refractivity contribution < 1.29 is 18.7 Å². The average molecular weight is 498 g/mol. The first-order valence-electron chi connectivity index (χ1n) is 11.8. The minimum Gasteiger partial charge on any atom is -0.469 e. The summed E-state index contributed by atoms with van der Waals surface area (Å²) in [6.07, 6.45) is 3.81. The molecule has 33 heavy (non-hydrogen) atoms. The van der Waals surface area contributed by atoms with E-state index in [1.165, 1.54) is 19.2 Å². The number of hydrogen-bond acceptors (Lipinski definition) is 7. The SMILES string of the molecule is COC(=O)[C@@H]1[C@H]2CCC(C[C@H]1c1ccc(F)cc1)N2CCCN(CCS)CC(=O)NCCS. The van der Waals surface area contributed by atoms with Crippen molar-refractivity contribution in [1.29, 1.82) is 0 Å². The molecule has 2 heterocycles. The van der Waals surface area contributed by atoms with Crippen molar-refractivity contribution >= 4 is 37.1 Å². The van der Waals surface area contributed by atoms with Crippen LogP contribution >= 0.6 is 25.3 Å². The summed E-state index contributed by atoms with van der Waals surface area (Å²) < 4.78 is 18.7. The van der Waals surface area contributed by atoms with Crippen LogP contribution < -0.4 is 5.32 Å². The Morgan fingerprint density at radius 3 is 2.61 bits per heavy atom. The van der Waals surface area contributed by atoms with E-state index in [2.05, 4.69) is 40.4 Å². The van der Waals surface area contributed by atoms with E-state index in [0.29, 0.717) is 30.6 Å². The number of nitrogens with zero attached hydrogens (tertiary/aromatic N) is 2. The predicted molar refractivity (Wildman–Crippen MR) is 135 cm³/mol. The molecule has 2 aliphatic rings. The summed E-state index contributed by atoms with van der Waals surface area (Å²) in [5.41, 5.74) is 1.01. The second-order valence-corrected chi connectivity index (χ2v) is 9.80. The summed E-state index contributed by atoms with van der Waals surface area (Å²) in [6.45, 7) is 3.35. The predicted octanol–water partition coefficient (Wildman–Crippen LogP) is 2.60. The number of ether oxygens (including phenoxy) is 1. The smallest absolute Gasteiger partial charge is 0.310 e. The minimum atomic E-state index is -0.265. The van der Waals surface area contributed by atoms with Crippen molar-refractivity contribution in [2.24, 2.45) is 5.92 Å². The number of carbonyl (C=O) groups is 2. The van der Waals surface area contributed by atoms with Gasteiger partial charge in [0.1, 0.15) is 5.82 Å². The molecule has 0 aromatic heterocycles. The van der Waals surface area contributed by atoms with E-state index in [1.807, 2.05) is 0 Å². The molecule has 2 saturated heterocycles. The molecule has 0 aliphatic carbocycles. The summed E-state index contributed by atoms with van der Waals surface area (Å²) in [7, 11) is 1.45. The van der Waals surface area contributed by atoms with Crippen LogP contribution in [-0.4, -0.2) is 85.1 Å². The van der Waals surface area contributed by atoms with Crippen LogP contribution in [0.4, 0.5) is 4.39 Å². The molecule has 0 radical (unpaired) electrons. The van der Waals surface area contributed by atoms with Crippen molar-refractivity contribution in [3.63, 3.8) is 0 Å². The molecule has 2 fully saturated rings. The number of rotatable bonds is 12. The average Bonchev–Trinajstić information content (AvgIpc) is 3.08. The van der Waals surface area contributed by atoms with Gasteiger partial charge in [0, 0.05) is 42.6 Å². The molecule has 2 bridgehead atoms. The van der Waals surface area contributed by atoms with Gasteiger partial charge in [-0.25, -0.2) is 4.39 Å². The van der Waals surface area contributed by atoms with Gasteiger partial charge in [-0.1, -0.05) is 12.1 Å². The van der Waals surface area contributed by atoms with Crippen LogP contribution in [0.1, 0.15) is 37.2 Å². The maximum atomic E-state index is 13.5. The van der Waals surface area contributed by atoms with E-state index in [9.17, 15) is 14.0 Å². The third kappa shape index (κ3) is 6.87. The van der Waals surface area contributed by atoms with Crippen LogP contribution in [0.2, 0.25) is 0 Å². The fraction of sp³-hybridized carbons (Fsp3) is 0.667. The number of amides is 1. The number of halogens is 1. The molecule has 4 atom stereocenters. The van der Waals surface area contributed by atoms with Crippen LogP contribution in [0.5, 0.6) is 0 Å². The Kier molecular flexibility index (Phi) is 10.3. The first kappa shape index (κ1) is 26.3. The van der Waals surface area contributed by atoms with Crippen LogP contribution in [0.15, 0.2) is 24.3 Å². The monoisotopic (exact) mass is 497 g/mol. The van der Waals surface area contributed by atoms with Crippen molar-refractivity contribution in [3.8, 4) is 0 Å². The molecule has 1 unspecified atom stereocenters. The molecule has 1 N–H and O–H groups in total. The molecule has 0 saturated carbocycles. The molecule has 184 valence electrons. The van der Waals surface area contributed by atoms with Gasteiger partial charge in [-0.15, -0.1) is 0 Å². The fourth-order valence-electron chi connectivity index (χ4n) is 5.51. The Labute approximate surface area is 207 Å². The standard InChI is InChI=1S/C24H36FN3O3S2/c1-31-24(30)23-20(17-3-5-18(25)6-4-17)15-19-7-8-21(23)28(19)11-2-10-27(12-14-33)16-22(29)26-9-13-32/h3-6,19-21,23,32-33H,2,7-16H2,1H3,(H,26,29)/t19?,20-,21+,23-/m0/s1. The zero-order valence-electron chi connectivity index (χ0n) is 19.3. The quantitative estimate of drug-likeness (QED) is 0.306. The van der Waals surface area contributed by atoms with Crippen LogP contribution in [0.25, 0.3) is 0 Å². The number of thiol groups is 2. The summed E-state index contributed by atoms with van der Waals surface area (Å²) in [5.74, 6) is 0.671. The fourth-order valence-corrected chi connectivity index (χ4v) is 5.91. The topological polar surface area (TPSA) is 61.9 Å². The highest BCUT2D eigenvalue weighted by Crippen LogP contribution is 2.47. The number of nitrogens with one attached hydrogen (secondary N) is 1. The van der Waals surface area contributed by atoms with Crippen molar-refractivity contribution in [2.45, 2.75) is 43.7 Å². The van der Waals surface area contributed by atoms with Crippen LogP contribution in [0.3, 0.4) is 0 Å². The van der Waals surface area contributed by atoms with E-state index >= 15 is 0 Å². The molecule has 0 spiro atoms. The van der Waals surface area contributed by atoms with Gasteiger partial charge in [-0.05, 0) is 56.5 Å². The van der Waals surface area contributed by atoms with Gasteiger partial charge in [0.15, 0.2) is 0 Å². The minimum absolute atomic E-state index is 0.0109. The lowest BCUT2D eigenvalue weighted by Gasteiger charge is -2.44. The van der Waals surface area contributed by atoms with Gasteiger partial charge >= 0.3 is 5.97 Å². The molecular weight excluding hydrogens is 461 g/mol. The lowest BCUT2D eigenvalue weighted by atomic mass is 9.76. The number of carbonyl (C=O) groups excluding carboxylic acids is 2. The Balaban J connectivity index is 1.63. The number of hydrogen-bond donors (Lipinski definition) is 3. The Bertz CT molecular complexity index is 783. The first-order valence-corrected chi connectivity index (χ1v) is 13.0. The third-order valence-electron chi connectivity index (χ3n) is 6.94. The van der Waals surface area contributed by atoms with E-state index in [4.69, 9.17) is 4.74 Å². The number of piperidine rings is 1. The largest absolute Gasteiger partial charge is 0.469 e. The lowest BCUT2D eigenvalue weighted by Crippen LogP contribution is -2.51. The number of benzene rings is 1. The molecule has 1 aromatic carbocycles. The summed E-state index contributed by atoms with van der Waals surface area (Å²) >= 11 is 8.47. The highest BCUT2D eigenvalue weighted by molar-refractivity contribution is 7.80. The van der Waals surface area contributed by atoms with Crippen molar-refractivity contribution in [3.05, 3.63) is 35.6 Å². The second kappa shape index (κ2) is 13.0. The molecule has 2 aliphatic heterocycles. The van der Waals surface area contributed by atoms with Crippen LogP contribution in [0, 0.1) is 11.7 Å².